The molecule has 1 heterocycles. The molecule has 118 valence electrons. The molecular weight excluding hydrogens is 288 g/mol. The Morgan fingerprint density at radius 3 is 2.55 bits per heavy atom. The van der Waals surface area contributed by atoms with Gasteiger partial charge in [-0.3, -0.25) is 0 Å². The van der Waals surface area contributed by atoms with Gasteiger partial charge in [0.15, 0.2) is 23.3 Å². The van der Waals surface area contributed by atoms with Crippen molar-refractivity contribution in [1.82, 2.24) is 9.97 Å². The average molecular weight is 307 g/mol. The second-order valence-corrected chi connectivity index (χ2v) is 5.35. The third-order valence-corrected chi connectivity index (χ3v) is 3.08. The van der Waals surface area contributed by atoms with Gasteiger partial charge in [0.2, 0.25) is 0 Å². The molecule has 0 atom stereocenters. The van der Waals surface area contributed by atoms with Crippen molar-refractivity contribution >= 4 is 23.0 Å². The highest BCUT2D eigenvalue weighted by atomic mass is 19.2. The maximum absolute atomic E-state index is 13.2. The van der Waals surface area contributed by atoms with Gasteiger partial charge in [-0.05, 0) is 24.5 Å². The number of nitrogens with zero attached hydrogens (tertiary/aromatic N) is 2. The molecule has 7 heteroatoms. The first-order chi connectivity index (χ1) is 10.5. The molecule has 1 aromatic carbocycles. The summed E-state index contributed by atoms with van der Waals surface area (Å²) in [6.07, 6.45) is 2.34. The Morgan fingerprint density at radius 1 is 1.14 bits per heavy atom. The first-order valence-corrected chi connectivity index (χ1v) is 7.03. The highest BCUT2D eigenvalue weighted by molar-refractivity contribution is 5.77. The fourth-order valence-electron chi connectivity index (χ4n) is 1.83. The van der Waals surface area contributed by atoms with Gasteiger partial charge in [0.25, 0.3) is 0 Å². The Labute approximate surface area is 128 Å². The van der Waals surface area contributed by atoms with E-state index in [1.165, 1.54) is 12.4 Å². The fourth-order valence-corrected chi connectivity index (χ4v) is 1.83. The summed E-state index contributed by atoms with van der Waals surface area (Å²) >= 11 is 0. The number of hydrogen-bond acceptors (Lipinski definition) is 5. The van der Waals surface area contributed by atoms with Crippen molar-refractivity contribution < 1.29 is 8.78 Å². The van der Waals surface area contributed by atoms with Crippen molar-refractivity contribution in [3.63, 3.8) is 0 Å². The molecule has 0 saturated heterocycles. The lowest BCUT2D eigenvalue weighted by Crippen LogP contribution is -2.10. The molecule has 4 N–H and O–H groups in total. The number of anilines is 4. The van der Waals surface area contributed by atoms with Crippen molar-refractivity contribution in [3.05, 3.63) is 36.2 Å². The van der Waals surface area contributed by atoms with E-state index in [1.54, 1.807) is 0 Å². The predicted molar refractivity (Wildman–Crippen MR) is 84.0 cm³/mol. The van der Waals surface area contributed by atoms with E-state index < -0.39 is 11.6 Å². The Bertz CT molecular complexity index is 646. The molecule has 0 spiro atoms. The van der Waals surface area contributed by atoms with Crippen LogP contribution in [0.5, 0.6) is 0 Å². The molecule has 2 rings (SSSR count). The zero-order valence-electron chi connectivity index (χ0n) is 12.5. The third-order valence-electron chi connectivity index (χ3n) is 3.08. The molecule has 0 amide bonds. The summed E-state index contributed by atoms with van der Waals surface area (Å²) < 4.78 is 26.1. The Morgan fingerprint density at radius 2 is 1.86 bits per heavy atom. The fraction of sp³-hybridized carbons (Fsp3) is 0.333. The van der Waals surface area contributed by atoms with Gasteiger partial charge in [-0.25, -0.2) is 18.7 Å². The zero-order valence-corrected chi connectivity index (χ0v) is 12.5. The van der Waals surface area contributed by atoms with Crippen molar-refractivity contribution in [2.24, 2.45) is 5.92 Å². The van der Waals surface area contributed by atoms with Crippen molar-refractivity contribution in [1.29, 1.82) is 0 Å². The minimum absolute atomic E-state index is 0.330. The van der Waals surface area contributed by atoms with Gasteiger partial charge in [-0.1, -0.05) is 13.8 Å². The van der Waals surface area contributed by atoms with E-state index in [4.69, 9.17) is 5.73 Å². The topological polar surface area (TPSA) is 75.9 Å². The third kappa shape index (κ3) is 4.03. The van der Waals surface area contributed by atoms with Crippen LogP contribution in [-0.4, -0.2) is 16.5 Å². The van der Waals surface area contributed by atoms with Gasteiger partial charge >= 0.3 is 0 Å². The first kappa shape index (κ1) is 15.9. The largest absolute Gasteiger partial charge is 0.393 e. The smallest absolute Gasteiger partial charge is 0.160 e. The minimum atomic E-state index is -0.937. The molecule has 0 radical (unpaired) electrons. The van der Waals surface area contributed by atoms with Crippen LogP contribution < -0.4 is 16.4 Å². The number of hydrogen-bond donors (Lipinski definition) is 3. The predicted octanol–water partition coefficient (Wildman–Crippen LogP) is 3.54. The van der Waals surface area contributed by atoms with Gasteiger partial charge in [-0.2, -0.15) is 0 Å². The van der Waals surface area contributed by atoms with Gasteiger partial charge in [0.1, 0.15) is 12.0 Å². The van der Waals surface area contributed by atoms with Crippen LogP contribution in [0.2, 0.25) is 0 Å². The Hall–Kier alpha value is -2.44. The Balaban J connectivity index is 2.12. The number of halogens is 2. The number of aromatic nitrogens is 2. The van der Waals surface area contributed by atoms with Crippen LogP contribution in [0, 0.1) is 17.6 Å². The molecule has 0 aliphatic heterocycles. The second-order valence-electron chi connectivity index (χ2n) is 5.35. The summed E-state index contributed by atoms with van der Waals surface area (Å²) in [6.45, 7) is 4.99. The SMILES string of the molecule is CC(C)CCNc1ncnc(Nc2ccc(F)c(F)c2)c1N. The van der Waals surface area contributed by atoms with Crippen LogP contribution in [0.3, 0.4) is 0 Å². The van der Waals surface area contributed by atoms with E-state index in [9.17, 15) is 8.78 Å². The standard InChI is InChI=1S/C15H19F2N5/c1-9(2)5-6-19-14-13(18)15(21-8-20-14)22-10-3-4-11(16)12(17)7-10/h3-4,7-9H,5-6,18H2,1-2H3,(H2,19,20,21,22). The molecule has 2 aromatic rings. The van der Waals surface area contributed by atoms with E-state index >= 15 is 0 Å². The van der Waals surface area contributed by atoms with Crippen molar-refractivity contribution in [2.75, 3.05) is 22.9 Å². The number of nitrogen functional groups attached to an aromatic ring is 1. The van der Waals surface area contributed by atoms with Crippen LogP contribution in [0.1, 0.15) is 20.3 Å². The highest BCUT2D eigenvalue weighted by Gasteiger charge is 2.09. The van der Waals surface area contributed by atoms with Gasteiger partial charge in [-0.15, -0.1) is 0 Å². The summed E-state index contributed by atoms with van der Waals surface area (Å²) in [4.78, 5) is 8.11. The maximum Gasteiger partial charge on any atom is 0.160 e. The number of rotatable bonds is 6. The van der Waals surface area contributed by atoms with Crippen LogP contribution in [0.15, 0.2) is 24.5 Å². The highest BCUT2D eigenvalue weighted by Crippen LogP contribution is 2.26. The van der Waals surface area contributed by atoms with Crippen LogP contribution in [0.25, 0.3) is 0 Å². The summed E-state index contributed by atoms with van der Waals surface area (Å²) in [7, 11) is 0. The van der Waals surface area contributed by atoms with E-state index in [-0.39, 0.29) is 0 Å². The van der Waals surface area contributed by atoms with Crippen molar-refractivity contribution in [3.8, 4) is 0 Å². The summed E-state index contributed by atoms with van der Waals surface area (Å²) in [5, 5.41) is 6.00. The van der Waals surface area contributed by atoms with Crippen LogP contribution >= 0.6 is 0 Å². The maximum atomic E-state index is 13.2. The van der Waals surface area contributed by atoms with E-state index in [1.807, 2.05) is 0 Å². The normalized spacial score (nSPS) is 10.8. The number of nitrogens with one attached hydrogen (secondary N) is 2. The quantitative estimate of drug-likeness (QED) is 0.761. The average Bonchev–Trinajstić information content (AvgIpc) is 2.46. The zero-order chi connectivity index (χ0) is 16.1. The molecule has 0 aliphatic carbocycles. The van der Waals surface area contributed by atoms with Gasteiger partial charge < -0.3 is 16.4 Å². The molecule has 5 nitrogen and oxygen atoms in total. The number of nitrogens with two attached hydrogens (primary N) is 1. The summed E-state index contributed by atoms with van der Waals surface area (Å²) in [5.74, 6) is -0.422. The number of benzene rings is 1. The Kier molecular flexibility index (Phi) is 5.08. The van der Waals surface area contributed by atoms with Crippen LogP contribution in [-0.2, 0) is 0 Å². The molecular formula is C15H19F2N5. The molecule has 0 aliphatic rings. The molecule has 0 fully saturated rings. The molecule has 0 bridgehead atoms. The van der Waals surface area contributed by atoms with E-state index in [2.05, 4.69) is 34.4 Å². The van der Waals surface area contributed by atoms with Gasteiger partial charge in [0, 0.05) is 18.3 Å². The van der Waals surface area contributed by atoms with E-state index in [0.717, 1.165) is 25.1 Å². The lowest BCUT2D eigenvalue weighted by atomic mass is 10.1. The second kappa shape index (κ2) is 7.02. The van der Waals surface area contributed by atoms with Crippen LogP contribution in [0.4, 0.5) is 31.8 Å². The lowest BCUT2D eigenvalue weighted by molar-refractivity contribution is 0.509. The van der Waals surface area contributed by atoms with Gasteiger partial charge in [0.05, 0.1) is 0 Å². The summed E-state index contributed by atoms with van der Waals surface area (Å²) in [5.41, 5.74) is 6.69. The molecule has 0 saturated carbocycles. The minimum Gasteiger partial charge on any atom is -0.393 e. The first-order valence-electron chi connectivity index (χ1n) is 7.03. The molecule has 22 heavy (non-hydrogen) atoms. The lowest BCUT2D eigenvalue weighted by Gasteiger charge is -2.13. The summed E-state index contributed by atoms with van der Waals surface area (Å²) in [6, 6.07) is 3.49. The monoisotopic (exact) mass is 307 g/mol. The van der Waals surface area contributed by atoms with Crippen molar-refractivity contribution in [2.45, 2.75) is 20.3 Å². The molecule has 0 unspecified atom stereocenters. The van der Waals surface area contributed by atoms with E-state index in [0.29, 0.717) is 28.9 Å². The molecule has 1 aromatic heterocycles.